The number of urea groups is 1. The molecule has 2 amide bonds. The molecule has 4 N–H and O–H groups in total. The van der Waals surface area contributed by atoms with Gasteiger partial charge < -0.3 is 35.3 Å². The number of hydrogen-bond donors (Lipinski definition) is 4. The predicted octanol–water partition coefficient (Wildman–Crippen LogP) is 2.51. The molecule has 1 aliphatic rings. The van der Waals surface area contributed by atoms with E-state index in [4.69, 9.17) is 14.2 Å². The van der Waals surface area contributed by atoms with E-state index in [0.29, 0.717) is 43.4 Å². The Hall–Kier alpha value is -3.32. The lowest BCUT2D eigenvalue weighted by Crippen LogP contribution is -2.38. The number of amides is 2. The molecule has 0 saturated heterocycles. The fourth-order valence-corrected chi connectivity index (χ4v) is 3.04. The Morgan fingerprint density at radius 2 is 1.94 bits per heavy atom. The van der Waals surface area contributed by atoms with E-state index in [2.05, 4.69) is 22.0 Å². The number of hydrogen-bond acceptors (Lipinski definition) is 7. The van der Waals surface area contributed by atoms with Crippen LogP contribution in [0.1, 0.15) is 18.4 Å². The molecule has 1 unspecified atom stereocenters. The number of anilines is 1. The molecule has 1 saturated carbocycles. The molecule has 9 heteroatoms. The molecular weight excluding hydrogens is 436 g/mol. The van der Waals surface area contributed by atoms with Crippen LogP contribution in [-0.2, 0) is 4.74 Å². The molecule has 2 aromatic carbocycles. The van der Waals surface area contributed by atoms with Crippen LogP contribution >= 0.6 is 0 Å². The van der Waals surface area contributed by atoms with E-state index in [1.807, 2.05) is 18.2 Å². The average molecular weight is 469 g/mol. The summed E-state index contributed by atoms with van der Waals surface area (Å²) >= 11 is 0. The summed E-state index contributed by atoms with van der Waals surface area (Å²) in [6.45, 7) is 2.92. The Labute approximate surface area is 200 Å². The minimum Gasteiger partial charge on any atom is -0.491 e. The van der Waals surface area contributed by atoms with Crippen molar-refractivity contribution in [2.24, 2.45) is 5.92 Å². The van der Waals surface area contributed by atoms with Gasteiger partial charge in [0.25, 0.3) is 0 Å². The van der Waals surface area contributed by atoms with Crippen LogP contribution in [-0.4, -0.2) is 63.3 Å². The molecule has 0 aliphatic heterocycles. The fraction of sp³-hybridized carbons (Fsp3) is 0.440. The van der Waals surface area contributed by atoms with Gasteiger partial charge in [-0.05, 0) is 43.0 Å². The number of carbonyl (C=O) groups is 1. The number of rotatable bonds is 15. The van der Waals surface area contributed by atoms with E-state index in [1.165, 1.54) is 12.8 Å². The molecule has 182 valence electrons. The predicted molar refractivity (Wildman–Crippen MR) is 128 cm³/mol. The Morgan fingerprint density at radius 1 is 1.12 bits per heavy atom. The quantitative estimate of drug-likeness (QED) is 0.296. The van der Waals surface area contributed by atoms with Gasteiger partial charge in [0, 0.05) is 38.0 Å². The first-order valence-electron chi connectivity index (χ1n) is 11.5. The van der Waals surface area contributed by atoms with Gasteiger partial charge in [-0.15, -0.1) is 0 Å². The van der Waals surface area contributed by atoms with Crippen molar-refractivity contribution < 1.29 is 24.1 Å². The maximum absolute atomic E-state index is 11.8. The Morgan fingerprint density at radius 3 is 2.71 bits per heavy atom. The molecule has 34 heavy (non-hydrogen) atoms. The number of aliphatic hydroxyl groups is 1. The third-order valence-corrected chi connectivity index (χ3v) is 5.05. The number of ether oxygens (including phenoxy) is 3. The summed E-state index contributed by atoms with van der Waals surface area (Å²) in [5.41, 5.74) is 1.06. The zero-order chi connectivity index (χ0) is 24.0. The average Bonchev–Trinajstić information content (AvgIpc) is 3.67. The standard InChI is InChI=1S/C25H32N4O5/c26-15-20-14-23(33-13-12-32-17-19-6-7-19)8-9-24(20)34-18-22(30)16-27-10-11-28-25(31)29-21-4-2-1-3-5-21/h1-5,8-9,14,19,22,27,30H,6-7,10-13,16-18H2,(H2,28,29,31). The molecule has 0 aromatic heterocycles. The highest BCUT2D eigenvalue weighted by Gasteiger charge is 2.20. The maximum Gasteiger partial charge on any atom is 0.319 e. The second-order valence-corrected chi connectivity index (χ2v) is 8.05. The molecule has 9 nitrogen and oxygen atoms in total. The topological polar surface area (TPSA) is 125 Å². The zero-order valence-electron chi connectivity index (χ0n) is 19.2. The summed E-state index contributed by atoms with van der Waals surface area (Å²) < 4.78 is 16.8. The van der Waals surface area contributed by atoms with Crippen molar-refractivity contribution in [3.05, 3.63) is 54.1 Å². The number of nitrogens with one attached hydrogen (secondary N) is 3. The number of nitriles is 1. The van der Waals surface area contributed by atoms with Crippen LogP contribution in [0, 0.1) is 17.2 Å². The molecule has 2 aromatic rings. The number of benzene rings is 2. The number of para-hydroxylation sites is 1. The zero-order valence-corrected chi connectivity index (χ0v) is 19.2. The number of nitrogens with zero attached hydrogens (tertiary/aromatic N) is 1. The molecule has 0 spiro atoms. The second kappa shape index (κ2) is 14.1. The van der Waals surface area contributed by atoms with Crippen LogP contribution in [0.25, 0.3) is 0 Å². The Kier molecular flexibility index (Phi) is 10.5. The SMILES string of the molecule is N#Cc1cc(OCCOCC2CC2)ccc1OCC(O)CNCCNC(=O)Nc1ccccc1. The molecule has 0 bridgehead atoms. The molecule has 1 fully saturated rings. The third-order valence-electron chi connectivity index (χ3n) is 5.05. The van der Waals surface area contributed by atoms with Crippen molar-refractivity contribution >= 4 is 11.7 Å². The van der Waals surface area contributed by atoms with Crippen LogP contribution in [0.2, 0.25) is 0 Å². The summed E-state index contributed by atoms with van der Waals surface area (Å²) in [5.74, 6) is 1.68. The lowest BCUT2D eigenvalue weighted by Gasteiger charge is -2.15. The van der Waals surface area contributed by atoms with Crippen LogP contribution in [0.3, 0.4) is 0 Å². The van der Waals surface area contributed by atoms with E-state index in [9.17, 15) is 15.2 Å². The van der Waals surface area contributed by atoms with Crippen LogP contribution in [0.4, 0.5) is 10.5 Å². The van der Waals surface area contributed by atoms with Crippen LogP contribution in [0.15, 0.2) is 48.5 Å². The smallest absolute Gasteiger partial charge is 0.319 e. The third kappa shape index (κ3) is 9.67. The van der Waals surface area contributed by atoms with Crippen molar-refractivity contribution in [1.29, 1.82) is 5.26 Å². The highest BCUT2D eigenvalue weighted by Crippen LogP contribution is 2.28. The molecular formula is C25H32N4O5. The molecule has 1 aliphatic carbocycles. The van der Waals surface area contributed by atoms with E-state index in [0.717, 1.165) is 18.2 Å². The van der Waals surface area contributed by atoms with Gasteiger partial charge in [-0.1, -0.05) is 18.2 Å². The van der Waals surface area contributed by atoms with E-state index in [-0.39, 0.29) is 19.2 Å². The Bertz CT molecular complexity index is 931. The first-order chi connectivity index (χ1) is 16.6. The van der Waals surface area contributed by atoms with E-state index < -0.39 is 6.10 Å². The highest BCUT2D eigenvalue weighted by molar-refractivity contribution is 5.89. The maximum atomic E-state index is 11.8. The fourth-order valence-electron chi connectivity index (χ4n) is 3.04. The summed E-state index contributed by atoms with van der Waals surface area (Å²) in [5, 5.41) is 28.0. The highest BCUT2D eigenvalue weighted by atomic mass is 16.5. The molecule has 1 atom stereocenters. The lowest BCUT2D eigenvalue weighted by molar-refractivity contribution is 0.0926. The lowest BCUT2D eigenvalue weighted by atomic mass is 10.2. The normalized spacial score (nSPS) is 13.5. The van der Waals surface area contributed by atoms with Crippen molar-refractivity contribution in [1.82, 2.24) is 10.6 Å². The molecule has 0 radical (unpaired) electrons. The summed E-state index contributed by atoms with van der Waals surface area (Å²) in [7, 11) is 0. The molecule has 0 heterocycles. The minimum absolute atomic E-state index is 0.0266. The number of aliphatic hydroxyl groups excluding tert-OH is 1. The van der Waals surface area contributed by atoms with Gasteiger partial charge in [0.15, 0.2) is 0 Å². The van der Waals surface area contributed by atoms with E-state index in [1.54, 1.807) is 30.3 Å². The summed E-state index contributed by atoms with van der Waals surface area (Å²) in [4.78, 5) is 11.8. The first kappa shape index (κ1) is 25.3. The number of carbonyl (C=O) groups excluding carboxylic acids is 1. The van der Waals surface area contributed by atoms with Gasteiger partial charge in [0.2, 0.25) is 0 Å². The van der Waals surface area contributed by atoms with Crippen LogP contribution in [0.5, 0.6) is 11.5 Å². The van der Waals surface area contributed by atoms with Gasteiger partial charge in [0.05, 0.1) is 12.2 Å². The van der Waals surface area contributed by atoms with Gasteiger partial charge in [-0.3, -0.25) is 0 Å². The van der Waals surface area contributed by atoms with Crippen molar-refractivity contribution in [2.45, 2.75) is 18.9 Å². The largest absolute Gasteiger partial charge is 0.491 e. The second-order valence-electron chi connectivity index (χ2n) is 8.05. The summed E-state index contributed by atoms with van der Waals surface area (Å²) in [6.07, 6.45) is 1.73. The van der Waals surface area contributed by atoms with Crippen molar-refractivity contribution in [2.75, 3.05) is 51.4 Å². The van der Waals surface area contributed by atoms with Crippen molar-refractivity contribution in [3.8, 4) is 17.6 Å². The monoisotopic (exact) mass is 468 g/mol. The van der Waals surface area contributed by atoms with Gasteiger partial charge in [-0.2, -0.15) is 5.26 Å². The van der Waals surface area contributed by atoms with Gasteiger partial charge in [-0.25, -0.2) is 4.79 Å². The van der Waals surface area contributed by atoms with E-state index >= 15 is 0 Å². The Balaban J connectivity index is 1.27. The summed E-state index contributed by atoms with van der Waals surface area (Å²) in [6, 6.07) is 16.0. The van der Waals surface area contributed by atoms with Gasteiger partial charge in [0.1, 0.15) is 36.9 Å². The first-order valence-corrected chi connectivity index (χ1v) is 11.5. The van der Waals surface area contributed by atoms with Gasteiger partial charge >= 0.3 is 6.03 Å². The van der Waals surface area contributed by atoms with Crippen LogP contribution < -0.4 is 25.4 Å². The molecule has 3 rings (SSSR count). The minimum atomic E-state index is -0.774. The van der Waals surface area contributed by atoms with Crippen molar-refractivity contribution in [3.63, 3.8) is 0 Å².